The molecule has 0 amide bonds. The molecule has 4 heteroatoms. The van der Waals surface area contributed by atoms with Crippen molar-refractivity contribution in [2.75, 3.05) is 22.9 Å². The molecule has 0 spiro atoms. The fraction of sp³-hybridized carbons (Fsp3) is 0.320. The third-order valence-electron chi connectivity index (χ3n) is 5.31. The second-order valence-electron chi connectivity index (χ2n) is 7.44. The minimum Gasteiger partial charge on any atom is -0.397 e. The van der Waals surface area contributed by atoms with Crippen molar-refractivity contribution in [1.82, 2.24) is 0 Å². The van der Waals surface area contributed by atoms with E-state index >= 15 is 0 Å². The lowest BCUT2D eigenvalue weighted by Crippen LogP contribution is -2.06. The van der Waals surface area contributed by atoms with Gasteiger partial charge in [-0.2, -0.15) is 0 Å². The monoisotopic (exact) mass is 389 g/mol. The number of nitrogen functional groups attached to an aromatic ring is 1. The van der Waals surface area contributed by atoms with Crippen LogP contribution >= 0.6 is 0 Å². The molecule has 0 saturated heterocycles. The highest BCUT2D eigenvalue weighted by Gasteiger charge is 2.10. The molecule has 0 heterocycles. The number of rotatable bonds is 11. The third-order valence-corrected chi connectivity index (χ3v) is 5.31. The van der Waals surface area contributed by atoms with Crippen LogP contribution in [-0.4, -0.2) is 12.8 Å². The van der Waals surface area contributed by atoms with Gasteiger partial charge in [0.1, 0.15) is 0 Å². The van der Waals surface area contributed by atoms with Crippen molar-refractivity contribution < 1.29 is 4.79 Å². The van der Waals surface area contributed by atoms with Crippen molar-refractivity contribution in [3.8, 4) is 0 Å². The maximum atomic E-state index is 11.7. The predicted molar refractivity (Wildman–Crippen MR) is 125 cm³/mol. The summed E-state index contributed by atoms with van der Waals surface area (Å²) in [5, 5.41) is 9.06. The lowest BCUT2D eigenvalue weighted by atomic mass is 9.98. The number of unbranched alkanes of at least 4 members (excludes halogenated alkanes) is 4. The molecular weight excluding hydrogens is 358 g/mol. The van der Waals surface area contributed by atoms with Gasteiger partial charge in [0.25, 0.3) is 0 Å². The molecule has 0 unspecified atom stereocenters. The van der Waals surface area contributed by atoms with Gasteiger partial charge in [0, 0.05) is 29.7 Å². The van der Waals surface area contributed by atoms with Gasteiger partial charge in [-0.1, -0.05) is 69.0 Å². The number of anilines is 3. The number of benzene rings is 3. The molecular formula is C25H31N3O. The van der Waals surface area contributed by atoms with Gasteiger partial charge in [0.15, 0.2) is 6.29 Å². The standard InChI is InChI=1S/C25H31N3O/c1-2-3-4-5-8-16-27-23-15-14-19(17-28-24-13-7-6-12-22(24)26)25-20(18-29)10-9-11-21(23)25/h6-7,9-15,18,27-28H,2-5,8,16-17,26H2,1H3. The number of nitrogens with two attached hydrogens (primary N) is 1. The molecule has 3 aromatic rings. The highest BCUT2D eigenvalue weighted by Crippen LogP contribution is 2.30. The van der Waals surface area contributed by atoms with E-state index in [1.54, 1.807) is 0 Å². The zero-order chi connectivity index (χ0) is 20.5. The van der Waals surface area contributed by atoms with E-state index in [0.717, 1.165) is 47.0 Å². The Kier molecular flexibility index (Phi) is 7.51. The van der Waals surface area contributed by atoms with E-state index in [4.69, 9.17) is 5.73 Å². The summed E-state index contributed by atoms with van der Waals surface area (Å²) in [5.41, 5.74) is 10.5. The van der Waals surface area contributed by atoms with Crippen LogP contribution in [0.4, 0.5) is 17.1 Å². The van der Waals surface area contributed by atoms with Gasteiger partial charge in [-0.15, -0.1) is 0 Å². The third kappa shape index (κ3) is 5.29. The first kappa shape index (κ1) is 20.7. The first-order chi connectivity index (χ1) is 14.2. The van der Waals surface area contributed by atoms with Gasteiger partial charge in [-0.25, -0.2) is 0 Å². The summed E-state index contributed by atoms with van der Waals surface area (Å²) in [6.45, 7) is 3.78. The Morgan fingerprint density at radius 2 is 1.69 bits per heavy atom. The summed E-state index contributed by atoms with van der Waals surface area (Å²) < 4.78 is 0. The van der Waals surface area contributed by atoms with Gasteiger partial charge < -0.3 is 16.4 Å². The molecule has 0 saturated carbocycles. The number of aldehydes is 1. The Bertz CT molecular complexity index is 952. The van der Waals surface area contributed by atoms with Crippen molar-refractivity contribution in [3.63, 3.8) is 0 Å². The minimum atomic E-state index is 0.604. The molecule has 4 nitrogen and oxygen atoms in total. The van der Waals surface area contributed by atoms with E-state index in [-0.39, 0.29) is 0 Å². The van der Waals surface area contributed by atoms with Crippen LogP contribution in [0.3, 0.4) is 0 Å². The van der Waals surface area contributed by atoms with E-state index in [1.165, 1.54) is 25.7 Å². The summed E-state index contributed by atoms with van der Waals surface area (Å²) in [7, 11) is 0. The molecule has 29 heavy (non-hydrogen) atoms. The summed E-state index contributed by atoms with van der Waals surface area (Å²) in [5.74, 6) is 0. The molecule has 0 atom stereocenters. The summed E-state index contributed by atoms with van der Waals surface area (Å²) in [4.78, 5) is 11.7. The number of carbonyl (C=O) groups excluding carboxylic acids is 1. The molecule has 0 bridgehead atoms. The van der Waals surface area contributed by atoms with Gasteiger partial charge in [-0.3, -0.25) is 4.79 Å². The minimum absolute atomic E-state index is 0.604. The largest absolute Gasteiger partial charge is 0.397 e. The molecule has 4 N–H and O–H groups in total. The molecule has 3 rings (SSSR count). The highest BCUT2D eigenvalue weighted by atomic mass is 16.1. The first-order valence-corrected chi connectivity index (χ1v) is 10.6. The number of carbonyl (C=O) groups is 1. The number of hydrogen-bond donors (Lipinski definition) is 3. The predicted octanol–water partition coefficient (Wildman–Crippen LogP) is 6.23. The topological polar surface area (TPSA) is 67.2 Å². The maximum Gasteiger partial charge on any atom is 0.150 e. The number of fused-ring (bicyclic) bond motifs is 1. The fourth-order valence-corrected chi connectivity index (χ4v) is 3.71. The molecule has 0 aliphatic heterocycles. The lowest BCUT2D eigenvalue weighted by Gasteiger charge is -2.16. The molecule has 3 aromatic carbocycles. The number of nitrogens with one attached hydrogen (secondary N) is 2. The van der Waals surface area contributed by atoms with Gasteiger partial charge in [0.2, 0.25) is 0 Å². The van der Waals surface area contributed by atoms with E-state index < -0.39 is 0 Å². The quantitative estimate of drug-likeness (QED) is 0.207. The van der Waals surface area contributed by atoms with Crippen molar-refractivity contribution in [2.45, 2.75) is 45.6 Å². The van der Waals surface area contributed by atoms with Gasteiger partial charge in [-0.05, 0) is 35.6 Å². The van der Waals surface area contributed by atoms with Crippen LogP contribution in [-0.2, 0) is 6.54 Å². The van der Waals surface area contributed by atoms with E-state index in [1.807, 2.05) is 36.4 Å². The Morgan fingerprint density at radius 3 is 2.48 bits per heavy atom. The fourth-order valence-electron chi connectivity index (χ4n) is 3.71. The maximum absolute atomic E-state index is 11.7. The second kappa shape index (κ2) is 10.5. The highest BCUT2D eigenvalue weighted by molar-refractivity contribution is 6.05. The Balaban J connectivity index is 1.80. The number of para-hydroxylation sites is 2. The lowest BCUT2D eigenvalue weighted by molar-refractivity contribution is 0.112. The van der Waals surface area contributed by atoms with Crippen LogP contribution in [0, 0.1) is 0 Å². The SMILES string of the molecule is CCCCCCCNc1ccc(CNc2ccccc2N)c2c(C=O)cccc12. The van der Waals surface area contributed by atoms with Crippen LogP contribution in [0.5, 0.6) is 0 Å². The van der Waals surface area contributed by atoms with E-state index in [0.29, 0.717) is 17.8 Å². The molecule has 0 radical (unpaired) electrons. The van der Waals surface area contributed by atoms with Crippen molar-refractivity contribution in [3.05, 3.63) is 65.7 Å². The summed E-state index contributed by atoms with van der Waals surface area (Å²) in [6, 6.07) is 17.9. The van der Waals surface area contributed by atoms with Crippen LogP contribution in [0.25, 0.3) is 10.8 Å². The molecule has 0 aliphatic rings. The smallest absolute Gasteiger partial charge is 0.150 e. The van der Waals surface area contributed by atoms with Gasteiger partial charge in [0.05, 0.1) is 11.4 Å². The Hall–Kier alpha value is -3.01. The van der Waals surface area contributed by atoms with Crippen molar-refractivity contribution >= 4 is 34.1 Å². The van der Waals surface area contributed by atoms with Crippen LogP contribution < -0.4 is 16.4 Å². The second-order valence-corrected chi connectivity index (χ2v) is 7.44. The average Bonchev–Trinajstić information content (AvgIpc) is 2.75. The summed E-state index contributed by atoms with van der Waals surface area (Å²) >= 11 is 0. The van der Waals surface area contributed by atoms with Crippen LogP contribution in [0.1, 0.15) is 54.9 Å². The molecule has 0 aliphatic carbocycles. The summed E-state index contributed by atoms with van der Waals surface area (Å²) in [6.07, 6.45) is 7.21. The zero-order valence-electron chi connectivity index (χ0n) is 17.2. The van der Waals surface area contributed by atoms with Gasteiger partial charge >= 0.3 is 0 Å². The Labute approximate surface area is 173 Å². The van der Waals surface area contributed by atoms with Crippen LogP contribution in [0.2, 0.25) is 0 Å². The zero-order valence-corrected chi connectivity index (χ0v) is 17.2. The van der Waals surface area contributed by atoms with Crippen molar-refractivity contribution in [2.24, 2.45) is 0 Å². The molecule has 0 fully saturated rings. The van der Waals surface area contributed by atoms with E-state index in [2.05, 4.69) is 35.8 Å². The Morgan fingerprint density at radius 1 is 0.862 bits per heavy atom. The van der Waals surface area contributed by atoms with E-state index in [9.17, 15) is 4.79 Å². The normalized spacial score (nSPS) is 10.8. The average molecular weight is 390 g/mol. The van der Waals surface area contributed by atoms with Crippen molar-refractivity contribution in [1.29, 1.82) is 0 Å². The first-order valence-electron chi connectivity index (χ1n) is 10.6. The van der Waals surface area contributed by atoms with Crippen LogP contribution in [0.15, 0.2) is 54.6 Å². The molecule has 0 aromatic heterocycles. The molecule has 152 valence electrons. The number of hydrogen-bond acceptors (Lipinski definition) is 4.